The van der Waals surface area contributed by atoms with Gasteiger partial charge in [0.1, 0.15) is 0 Å². The van der Waals surface area contributed by atoms with Gasteiger partial charge in [0, 0.05) is 6.54 Å². The topological polar surface area (TPSA) is 90.6 Å². The molecule has 1 saturated carbocycles. The summed E-state index contributed by atoms with van der Waals surface area (Å²) in [5.74, 6) is 1.75. The average molecular weight is 252 g/mol. The second-order valence-corrected chi connectivity index (χ2v) is 5.21. The molecule has 6 nitrogen and oxygen atoms in total. The minimum absolute atomic E-state index is 0.193. The lowest BCUT2D eigenvalue weighted by Gasteiger charge is -2.26. The third kappa shape index (κ3) is 3.45. The van der Waals surface area contributed by atoms with Gasteiger partial charge in [0.2, 0.25) is 5.82 Å². The summed E-state index contributed by atoms with van der Waals surface area (Å²) < 4.78 is 0. The lowest BCUT2D eigenvalue weighted by Crippen LogP contribution is -2.27. The summed E-state index contributed by atoms with van der Waals surface area (Å²) in [7, 11) is 0. The fraction of sp³-hybridized carbons (Fsp3) is 0.750. The Morgan fingerprint density at radius 2 is 2.22 bits per heavy atom. The van der Waals surface area contributed by atoms with E-state index < -0.39 is 11.2 Å². The van der Waals surface area contributed by atoms with Gasteiger partial charge in [-0.25, -0.2) is 9.89 Å². The zero-order valence-electron chi connectivity index (χ0n) is 10.7. The Morgan fingerprint density at radius 1 is 1.39 bits per heavy atom. The zero-order chi connectivity index (χ0) is 13.0. The standard InChI is InChI=1S/C12H20N4O2/c1-8-3-2-4-9(7-8)5-6-13-10-11(17)14-12(18)16-15-10/h8-9H,2-7H2,1H3,(H,13,15)(H2,14,16,17,18). The molecule has 2 atom stereocenters. The molecule has 0 amide bonds. The first-order valence-electron chi connectivity index (χ1n) is 6.58. The number of hydrogen-bond donors (Lipinski definition) is 3. The van der Waals surface area contributed by atoms with Crippen LogP contribution in [0.2, 0.25) is 0 Å². The van der Waals surface area contributed by atoms with Gasteiger partial charge >= 0.3 is 5.69 Å². The highest BCUT2D eigenvalue weighted by atomic mass is 16.2. The van der Waals surface area contributed by atoms with Gasteiger partial charge in [-0.05, 0) is 24.7 Å². The van der Waals surface area contributed by atoms with Crippen molar-refractivity contribution in [3.8, 4) is 0 Å². The Bertz CT molecular complexity index is 493. The fourth-order valence-electron chi connectivity index (χ4n) is 2.68. The van der Waals surface area contributed by atoms with Gasteiger partial charge in [0.25, 0.3) is 5.56 Å². The molecule has 1 fully saturated rings. The minimum Gasteiger partial charge on any atom is -0.364 e. The second kappa shape index (κ2) is 5.84. The SMILES string of the molecule is CC1CCCC(CCNc2n[nH]c(=O)[nH]c2=O)C1. The number of H-pyrrole nitrogens is 2. The summed E-state index contributed by atoms with van der Waals surface area (Å²) >= 11 is 0. The Balaban J connectivity index is 1.81. The molecule has 2 unspecified atom stereocenters. The summed E-state index contributed by atoms with van der Waals surface area (Å²) in [5.41, 5.74) is -1.04. The number of aromatic nitrogens is 3. The van der Waals surface area contributed by atoms with Crippen molar-refractivity contribution in [3.05, 3.63) is 20.8 Å². The van der Waals surface area contributed by atoms with E-state index in [2.05, 4.69) is 27.4 Å². The third-order valence-electron chi connectivity index (χ3n) is 3.60. The number of nitrogens with one attached hydrogen (secondary N) is 3. The van der Waals surface area contributed by atoms with Crippen molar-refractivity contribution in [1.29, 1.82) is 0 Å². The number of rotatable bonds is 4. The summed E-state index contributed by atoms with van der Waals surface area (Å²) in [6.45, 7) is 3.02. The lowest BCUT2D eigenvalue weighted by atomic mass is 9.81. The molecule has 6 heteroatoms. The van der Waals surface area contributed by atoms with Crippen molar-refractivity contribution in [2.24, 2.45) is 11.8 Å². The Labute approximate surface area is 105 Å². The summed E-state index contributed by atoms with van der Waals surface area (Å²) in [5, 5.41) is 8.87. The van der Waals surface area contributed by atoms with Crippen molar-refractivity contribution in [2.45, 2.75) is 39.0 Å². The average Bonchev–Trinajstić information content (AvgIpc) is 2.32. The van der Waals surface area contributed by atoms with Gasteiger partial charge in [-0.15, -0.1) is 5.10 Å². The normalized spacial score (nSPS) is 23.8. The van der Waals surface area contributed by atoms with Gasteiger partial charge in [-0.3, -0.25) is 9.78 Å². The summed E-state index contributed by atoms with van der Waals surface area (Å²) in [4.78, 5) is 24.3. The maximum Gasteiger partial charge on any atom is 0.342 e. The predicted molar refractivity (Wildman–Crippen MR) is 69.7 cm³/mol. The van der Waals surface area contributed by atoms with Gasteiger partial charge in [0.05, 0.1) is 0 Å². The van der Waals surface area contributed by atoms with E-state index in [4.69, 9.17) is 0 Å². The van der Waals surface area contributed by atoms with Crippen molar-refractivity contribution in [3.63, 3.8) is 0 Å². The van der Waals surface area contributed by atoms with Crippen LogP contribution in [0.3, 0.4) is 0 Å². The van der Waals surface area contributed by atoms with E-state index in [9.17, 15) is 9.59 Å². The van der Waals surface area contributed by atoms with Crippen LogP contribution < -0.4 is 16.6 Å². The molecule has 1 aromatic heterocycles. The smallest absolute Gasteiger partial charge is 0.342 e. The first kappa shape index (κ1) is 12.9. The molecule has 0 radical (unpaired) electrons. The lowest BCUT2D eigenvalue weighted by molar-refractivity contribution is 0.274. The molecule has 1 aliphatic carbocycles. The zero-order valence-corrected chi connectivity index (χ0v) is 10.7. The Kier molecular flexibility index (Phi) is 4.17. The summed E-state index contributed by atoms with van der Waals surface area (Å²) in [6.07, 6.45) is 6.25. The Morgan fingerprint density at radius 3 is 2.94 bits per heavy atom. The molecule has 0 aromatic carbocycles. The highest BCUT2D eigenvalue weighted by Crippen LogP contribution is 2.30. The molecule has 0 bridgehead atoms. The van der Waals surface area contributed by atoms with Crippen molar-refractivity contribution < 1.29 is 0 Å². The molecule has 100 valence electrons. The molecule has 1 aromatic rings. The number of nitrogens with zero attached hydrogens (tertiary/aromatic N) is 1. The van der Waals surface area contributed by atoms with Crippen LogP contribution in [0.15, 0.2) is 9.59 Å². The van der Waals surface area contributed by atoms with E-state index in [1.165, 1.54) is 25.7 Å². The van der Waals surface area contributed by atoms with E-state index in [1.807, 2.05) is 0 Å². The first-order valence-corrected chi connectivity index (χ1v) is 6.58. The molecule has 2 rings (SSSR count). The van der Waals surface area contributed by atoms with Crippen molar-refractivity contribution in [1.82, 2.24) is 15.2 Å². The number of anilines is 1. The number of aromatic amines is 2. The summed E-state index contributed by atoms with van der Waals surface area (Å²) in [6, 6.07) is 0. The monoisotopic (exact) mass is 252 g/mol. The van der Waals surface area contributed by atoms with E-state index in [0.29, 0.717) is 0 Å². The number of hydrogen-bond acceptors (Lipinski definition) is 4. The maximum absolute atomic E-state index is 11.4. The van der Waals surface area contributed by atoms with Crippen LogP contribution in [0.5, 0.6) is 0 Å². The second-order valence-electron chi connectivity index (χ2n) is 5.21. The molecule has 0 aliphatic heterocycles. The van der Waals surface area contributed by atoms with Crippen LogP contribution >= 0.6 is 0 Å². The minimum atomic E-state index is -0.577. The molecular weight excluding hydrogens is 232 g/mol. The van der Waals surface area contributed by atoms with Gasteiger partial charge in [0.15, 0.2) is 0 Å². The molecule has 3 N–H and O–H groups in total. The highest BCUT2D eigenvalue weighted by molar-refractivity contribution is 5.28. The molecule has 0 saturated heterocycles. The van der Waals surface area contributed by atoms with E-state index >= 15 is 0 Å². The molecule has 1 heterocycles. The predicted octanol–water partition coefficient (Wildman–Crippen LogP) is 1.09. The quantitative estimate of drug-likeness (QED) is 0.748. The largest absolute Gasteiger partial charge is 0.364 e. The van der Waals surface area contributed by atoms with E-state index in [-0.39, 0.29) is 5.82 Å². The van der Waals surface area contributed by atoms with Gasteiger partial charge in [-0.2, -0.15) is 0 Å². The van der Waals surface area contributed by atoms with Crippen LogP contribution in [0, 0.1) is 11.8 Å². The van der Waals surface area contributed by atoms with Gasteiger partial charge < -0.3 is 5.32 Å². The molecular formula is C12H20N4O2. The molecule has 18 heavy (non-hydrogen) atoms. The van der Waals surface area contributed by atoms with Crippen LogP contribution in [-0.4, -0.2) is 21.7 Å². The molecule has 0 spiro atoms. The Hall–Kier alpha value is -1.59. The third-order valence-corrected chi connectivity index (χ3v) is 3.60. The van der Waals surface area contributed by atoms with Crippen molar-refractivity contribution >= 4 is 5.82 Å². The fourth-order valence-corrected chi connectivity index (χ4v) is 2.68. The molecule has 1 aliphatic rings. The van der Waals surface area contributed by atoms with Crippen LogP contribution in [0.4, 0.5) is 5.82 Å². The van der Waals surface area contributed by atoms with Crippen molar-refractivity contribution in [2.75, 3.05) is 11.9 Å². The maximum atomic E-state index is 11.4. The first-order chi connectivity index (χ1) is 8.65. The van der Waals surface area contributed by atoms with Crippen LogP contribution in [-0.2, 0) is 0 Å². The van der Waals surface area contributed by atoms with E-state index in [1.54, 1.807) is 0 Å². The van der Waals surface area contributed by atoms with Crippen LogP contribution in [0.25, 0.3) is 0 Å². The van der Waals surface area contributed by atoms with E-state index in [0.717, 1.165) is 24.8 Å². The van der Waals surface area contributed by atoms with Gasteiger partial charge in [-0.1, -0.05) is 26.2 Å². The van der Waals surface area contributed by atoms with Crippen LogP contribution in [0.1, 0.15) is 39.0 Å². The highest BCUT2D eigenvalue weighted by Gasteiger charge is 2.18.